The summed E-state index contributed by atoms with van der Waals surface area (Å²) in [5, 5.41) is 0. The number of sulfonamides is 1. The van der Waals surface area contributed by atoms with Crippen molar-refractivity contribution in [1.29, 1.82) is 0 Å². The number of carbonyl (C=O) groups is 1. The standard InChI is InChI=1S/C20H23NO3S/c1-16(22)18-10-7-12-20(15-18)25(23,24)21-13-6-5-11-19(21)14-17-8-3-2-4-9-17/h2-4,7-10,12,15,19H,5-6,11,13-14H2,1H3. The summed E-state index contributed by atoms with van der Waals surface area (Å²) in [5.41, 5.74) is 1.57. The number of nitrogens with zero attached hydrogens (tertiary/aromatic N) is 1. The highest BCUT2D eigenvalue weighted by Crippen LogP contribution is 2.28. The first-order chi connectivity index (χ1) is 12.0. The van der Waals surface area contributed by atoms with Crippen LogP contribution in [-0.4, -0.2) is 31.1 Å². The summed E-state index contributed by atoms with van der Waals surface area (Å²) in [6.45, 7) is 1.98. The maximum absolute atomic E-state index is 13.2. The van der Waals surface area contributed by atoms with Crippen LogP contribution < -0.4 is 0 Å². The molecule has 1 aliphatic heterocycles. The molecule has 2 aromatic carbocycles. The monoisotopic (exact) mass is 357 g/mol. The van der Waals surface area contributed by atoms with Crippen LogP contribution in [0.1, 0.15) is 42.1 Å². The number of benzene rings is 2. The van der Waals surface area contributed by atoms with E-state index in [1.165, 1.54) is 13.0 Å². The summed E-state index contributed by atoms with van der Waals surface area (Å²) in [5.74, 6) is -0.128. The van der Waals surface area contributed by atoms with Crippen LogP contribution in [0.2, 0.25) is 0 Å². The first kappa shape index (κ1) is 17.8. The fourth-order valence-electron chi connectivity index (χ4n) is 3.39. The van der Waals surface area contributed by atoms with E-state index in [1.54, 1.807) is 22.5 Å². The maximum Gasteiger partial charge on any atom is 0.243 e. The highest BCUT2D eigenvalue weighted by Gasteiger charge is 2.33. The first-order valence-electron chi connectivity index (χ1n) is 8.65. The quantitative estimate of drug-likeness (QED) is 0.767. The van der Waals surface area contributed by atoms with Gasteiger partial charge in [0, 0.05) is 18.2 Å². The molecule has 132 valence electrons. The second kappa shape index (κ2) is 7.50. The van der Waals surface area contributed by atoms with Crippen LogP contribution in [0.15, 0.2) is 59.5 Å². The van der Waals surface area contributed by atoms with Gasteiger partial charge >= 0.3 is 0 Å². The Hall–Kier alpha value is -1.98. The van der Waals surface area contributed by atoms with Crippen LogP contribution in [0.4, 0.5) is 0 Å². The molecular weight excluding hydrogens is 334 g/mol. The molecule has 5 heteroatoms. The molecule has 0 spiro atoms. The lowest BCUT2D eigenvalue weighted by molar-refractivity contribution is 0.101. The Morgan fingerprint density at radius 1 is 1.08 bits per heavy atom. The zero-order valence-electron chi connectivity index (χ0n) is 14.4. The lowest BCUT2D eigenvalue weighted by Gasteiger charge is -2.35. The summed E-state index contributed by atoms with van der Waals surface area (Å²) in [7, 11) is -3.61. The molecular formula is C20H23NO3S. The van der Waals surface area contributed by atoms with Crippen LogP contribution in [0.25, 0.3) is 0 Å². The van der Waals surface area contributed by atoms with Crippen molar-refractivity contribution in [3.63, 3.8) is 0 Å². The van der Waals surface area contributed by atoms with Gasteiger partial charge in [0.15, 0.2) is 5.78 Å². The minimum Gasteiger partial charge on any atom is -0.295 e. The van der Waals surface area contributed by atoms with Crippen molar-refractivity contribution in [2.45, 2.75) is 43.5 Å². The van der Waals surface area contributed by atoms with Crippen LogP contribution in [0.5, 0.6) is 0 Å². The van der Waals surface area contributed by atoms with E-state index in [0.29, 0.717) is 18.5 Å². The fourth-order valence-corrected chi connectivity index (χ4v) is 5.13. The largest absolute Gasteiger partial charge is 0.295 e. The molecule has 0 radical (unpaired) electrons. The Bertz CT molecular complexity index is 846. The molecule has 1 unspecified atom stereocenters. The Balaban J connectivity index is 1.90. The number of carbonyl (C=O) groups excluding carboxylic acids is 1. The predicted octanol–water partition coefficient (Wildman–Crippen LogP) is 3.68. The Morgan fingerprint density at radius 3 is 2.56 bits per heavy atom. The second-order valence-electron chi connectivity index (χ2n) is 6.54. The van der Waals surface area contributed by atoms with Crippen molar-refractivity contribution in [2.24, 2.45) is 0 Å². The molecule has 1 fully saturated rings. The van der Waals surface area contributed by atoms with E-state index in [9.17, 15) is 13.2 Å². The molecule has 4 nitrogen and oxygen atoms in total. The van der Waals surface area contributed by atoms with E-state index in [1.807, 2.05) is 30.3 Å². The number of hydrogen-bond donors (Lipinski definition) is 0. The molecule has 3 rings (SSSR count). The Labute approximate surface area is 149 Å². The van der Waals surface area contributed by atoms with Crippen LogP contribution >= 0.6 is 0 Å². The number of rotatable bonds is 5. The van der Waals surface area contributed by atoms with Crippen molar-refractivity contribution in [3.05, 3.63) is 65.7 Å². The zero-order valence-corrected chi connectivity index (χ0v) is 15.2. The number of hydrogen-bond acceptors (Lipinski definition) is 3. The molecule has 1 saturated heterocycles. The van der Waals surface area contributed by atoms with E-state index < -0.39 is 10.0 Å². The van der Waals surface area contributed by atoms with Crippen LogP contribution in [-0.2, 0) is 16.4 Å². The van der Waals surface area contributed by atoms with Gasteiger partial charge in [-0.15, -0.1) is 0 Å². The highest BCUT2D eigenvalue weighted by atomic mass is 32.2. The molecule has 0 aliphatic carbocycles. The molecule has 0 aromatic heterocycles. The number of piperidine rings is 1. The second-order valence-corrected chi connectivity index (χ2v) is 8.43. The minimum atomic E-state index is -3.61. The van der Waals surface area contributed by atoms with E-state index in [0.717, 1.165) is 24.8 Å². The molecule has 25 heavy (non-hydrogen) atoms. The predicted molar refractivity (Wildman–Crippen MR) is 98.1 cm³/mol. The maximum atomic E-state index is 13.2. The van der Waals surface area contributed by atoms with Gasteiger partial charge in [0.2, 0.25) is 10.0 Å². The SMILES string of the molecule is CC(=O)c1cccc(S(=O)(=O)N2CCCCC2Cc2ccccc2)c1. The van der Waals surface area contributed by atoms with Gasteiger partial charge in [0.05, 0.1) is 4.90 Å². The third-order valence-corrected chi connectivity index (χ3v) is 6.68. The molecule has 0 bridgehead atoms. The van der Waals surface area contributed by atoms with Crippen molar-refractivity contribution < 1.29 is 13.2 Å². The van der Waals surface area contributed by atoms with E-state index in [4.69, 9.17) is 0 Å². The smallest absolute Gasteiger partial charge is 0.243 e. The third-order valence-electron chi connectivity index (χ3n) is 4.73. The molecule has 1 heterocycles. The molecule has 0 N–H and O–H groups in total. The van der Waals surface area contributed by atoms with Gasteiger partial charge in [-0.2, -0.15) is 4.31 Å². The van der Waals surface area contributed by atoms with E-state index >= 15 is 0 Å². The number of Topliss-reactive ketones (excluding diaryl/α,β-unsaturated/α-hetero) is 1. The van der Waals surface area contributed by atoms with E-state index in [2.05, 4.69) is 0 Å². The average molecular weight is 357 g/mol. The van der Waals surface area contributed by atoms with Crippen molar-refractivity contribution in [3.8, 4) is 0 Å². The molecule has 1 atom stereocenters. The van der Waals surface area contributed by atoms with Gasteiger partial charge in [0.25, 0.3) is 0 Å². The number of ketones is 1. The normalized spacial score (nSPS) is 18.8. The Morgan fingerprint density at radius 2 is 1.84 bits per heavy atom. The van der Waals surface area contributed by atoms with Gasteiger partial charge in [0.1, 0.15) is 0 Å². The first-order valence-corrected chi connectivity index (χ1v) is 10.1. The minimum absolute atomic E-state index is 0.0397. The van der Waals surface area contributed by atoms with Gasteiger partial charge in [-0.25, -0.2) is 8.42 Å². The summed E-state index contributed by atoms with van der Waals surface area (Å²) in [6.07, 6.45) is 3.49. The zero-order chi connectivity index (χ0) is 17.9. The third kappa shape index (κ3) is 3.99. The lowest BCUT2D eigenvalue weighted by Crippen LogP contribution is -2.44. The van der Waals surface area contributed by atoms with Gasteiger partial charge in [-0.05, 0) is 43.9 Å². The van der Waals surface area contributed by atoms with Gasteiger partial charge in [-0.3, -0.25) is 4.79 Å². The summed E-state index contributed by atoms with van der Waals surface area (Å²) in [6, 6.07) is 16.3. The molecule has 2 aromatic rings. The topological polar surface area (TPSA) is 54.5 Å². The lowest BCUT2D eigenvalue weighted by atomic mass is 9.98. The molecule has 1 aliphatic rings. The highest BCUT2D eigenvalue weighted by molar-refractivity contribution is 7.89. The van der Waals surface area contributed by atoms with Crippen molar-refractivity contribution in [2.75, 3.05) is 6.54 Å². The van der Waals surface area contributed by atoms with E-state index in [-0.39, 0.29) is 16.7 Å². The average Bonchev–Trinajstić information content (AvgIpc) is 2.63. The fraction of sp³-hybridized carbons (Fsp3) is 0.350. The van der Waals surface area contributed by atoms with Crippen LogP contribution in [0, 0.1) is 0 Å². The molecule has 0 amide bonds. The molecule has 0 saturated carbocycles. The van der Waals surface area contributed by atoms with Crippen molar-refractivity contribution in [1.82, 2.24) is 4.31 Å². The van der Waals surface area contributed by atoms with Crippen molar-refractivity contribution >= 4 is 15.8 Å². The van der Waals surface area contributed by atoms with Gasteiger partial charge < -0.3 is 0 Å². The summed E-state index contributed by atoms with van der Waals surface area (Å²) >= 11 is 0. The summed E-state index contributed by atoms with van der Waals surface area (Å²) in [4.78, 5) is 11.8. The Kier molecular flexibility index (Phi) is 5.35. The summed E-state index contributed by atoms with van der Waals surface area (Å²) < 4.78 is 28.0. The van der Waals surface area contributed by atoms with Gasteiger partial charge in [-0.1, -0.05) is 48.9 Å². The van der Waals surface area contributed by atoms with Crippen LogP contribution in [0.3, 0.4) is 0 Å².